The lowest BCUT2D eigenvalue weighted by Gasteiger charge is -2.19. The zero-order valence-electron chi connectivity index (χ0n) is 11.7. The van der Waals surface area contributed by atoms with Crippen LogP contribution in [0.3, 0.4) is 0 Å². The third-order valence-corrected chi connectivity index (χ3v) is 2.41. The molecule has 0 aliphatic carbocycles. The largest absolute Gasteiger partial charge is 0.480 e. The predicted molar refractivity (Wildman–Crippen MR) is 71.2 cm³/mol. The molecule has 0 saturated heterocycles. The molecule has 11 nitrogen and oxygen atoms in total. The van der Waals surface area contributed by atoms with E-state index in [2.05, 4.69) is 0 Å². The molecule has 0 fully saturated rings. The number of aliphatic carboxylic acids is 1. The van der Waals surface area contributed by atoms with Gasteiger partial charge >= 0.3 is 5.97 Å². The van der Waals surface area contributed by atoms with Crippen LogP contribution in [0.2, 0.25) is 0 Å². The molecule has 0 aliphatic heterocycles. The Morgan fingerprint density at radius 2 is 1.55 bits per heavy atom. The van der Waals surface area contributed by atoms with Gasteiger partial charge in [0.25, 0.3) is 0 Å². The van der Waals surface area contributed by atoms with Crippen LogP contribution >= 0.6 is 0 Å². The number of hydrogen-bond acceptors (Lipinski definition) is 9. The van der Waals surface area contributed by atoms with Gasteiger partial charge < -0.3 is 42.1 Å². The van der Waals surface area contributed by atoms with Crippen molar-refractivity contribution >= 4 is 17.7 Å². The summed E-state index contributed by atoms with van der Waals surface area (Å²) < 4.78 is 0. The molecular formula is C11H22N2O9. The lowest BCUT2D eigenvalue weighted by molar-refractivity contribution is -0.142. The Bertz CT molecular complexity index is 363. The molecule has 130 valence electrons. The van der Waals surface area contributed by atoms with E-state index in [1.165, 1.54) is 0 Å². The molecule has 0 bridgehead atoms. The first-order valence-electron chi connectivity index (χ1n) is 6.13. The molecule has 1 amide bonds. The van der Waals surface area contributed by atoms with Gasteiger partial charge in [-0.15, -0.1) is 0 Å². The molecule has 10 N–H and O–H groups in total. The van der Waals surface area contributed by atoms with Crippen molar-refractivity contribution in [2.75, 3.05) is 13.2 Å². The van der Waals surface area contributed by atoms with E-state index in [0.717, 1.165) is 0 Å². The van der Waals surface area contributed by atoms with Gasteiger partial charge in [0.05, 0.1) is 6.61 Å². The molecule has 0 radical (unpaired) electrons. The van der Waals surface area contributed by atoms with Gasteiger partial charge in [0, 0.05) is 6.42 Å². The zero-order chi connectivity index (χ0) is 17.9. The van der Waals surface area contributed by atoms with Gasteiger partial charge in [0.1, 0.15) is 31.0 Å². The SMILES string of the molecule is NC(=O)CC[C@H](N)C(=O)O.O=C(CO)[C@@H](O)[C@H](O)[C@H](O)CO. The molecular weight excluding hydrogens is 304 g/mol. The number of rotatable bonds is 9. The summed E-state index contributed by atoms with van der Waals surface area (Å²) in [6.07, 6.45) is -5.10. The second kappa shape index (κ2) is 12.0. The monoisotopic (exact) mass is 326 g/mol. The maximum atomic E-state index is 10.5. The maximum absolute atomic E-state index is 10.5. The second-order valence-corrected chi connectivity index (χ2v) is 4.26. The van der Waals surface area contributed by atoms with E-state index in [9.17, 15) is 14.4 Å². The van der Waals surface area contributed by atoms with Crippen molar-refractivity contribution in [3.63, 3.8) is 0 Å². The van der Waals surface area contributed by atoms with Crippen molar-refractivity contribution in [1.82, 2.24) is 0 Å². The Kier molecular flexibility index (Phi) is 12.3. The third kappa shape index (κ3) is 10.1. The minimum Gasteiger partial charge on any atom is -0.480 e. The average molecular weight is 326 g/mol. The number of primary amides is 1. The lowest BCUT2D eigenvalue weighted by Crippen LogP contribution is -2.44. The van der Waals surface area contributed by atoms with Crippen LogP contribution in [-0.4, -0.2) is 85.9 Å². The van der Waals surface area contributed by atoms with E-state index < -0.39 is 55.2 Å². The first-order chi connectivity index (χ1) is 10.1. The van der Waals surface area contributed by atoms with Crippen molar-refractivity contribution in [2.24, 2.45) is 11.5 Å². The molecule has 0 spiro atoms. The van der Waals surface area contributed by atoms with E-state index in [4.69, 9.17) is 42.1 Å². The van der Waals surface area contributed by atoms with Gasteiger partial charge in [-0.05, 0) is 6.42 Å². The molecule has 4 atom stereocenters. The number of carboxylic acids is 1. The summed E-state index contributed by atoms with van der Waals surface area (Å²) >= 11 is 0. The summed E-state index contributed by atoms with van der Waals surface area (Å²) in [6, 6.07) is -0.979. The van der Waals surface area contributed by atoms with E-state index in [0.29, 0.717) is 0 Å². The number of carbonyl (C=O) groups excluding carboxylic acids is 2. The summed E-state index contributed by atoms with van der Waals surface area (Å²) in [5.41, 5.74) is 9.81. The third-order valence-electron chi connectivity index (χ3n) is 2.41. The van der Waals surface area contributed by atoms with Crippen molar-refractivity contribution in [1.29, 1.82) is 0 Å². The summed E-state index contributed by atoms with van der Waals surface area (Å²) in [4.78, 5) is 30.7. The minimum absolute atomic E-state index is 0.0213. The van der Waals surface area contributed by atoms with Gasteiger partial charge in [0.15, 0.2) is 5.78 Å². The predicted octanol–water partition coefficient (Wildman–Crippen LogP) is -4.71. The number of ketones is 1. The number of Topliss-reactive ketones (excluding diaryl/α,β-unsaturated/α-hetero) is 1. The smallest absolute Gasteiger partial charge is 0.320 e. The molecule has 0 aromatic heterocycles. The summed E-state index contributed by atoms with van der Waals surface area (Å²) in [5.74, 6) is -2.65. The van der Waals surface area contributed by atoms with Gasteiger partial charge in [-0.2, -0.15) is 0 Å². The van der Waals surface area contributed by atoms with Crippen LogP contribution in [0.15, 0.2) is 0 Å². The number of hydrogen-bond donors (Lipinski definition) is 8. The lowest BCUT2D eigenvalue weighted by atomic mass is 10.1. The number of amides is 1. The van der Waals surface area contributed by atoms with Gasteiger partial charge in [-0.1, -0.05) is 0 Å². The van der Waals surface area contributed by atoms with Crippen LogP contribution in [0.25, 0.3) is 0 Å². The quantitative estimate of drug-likeness (QED) is 0.202. The Hall–Kier alpha value is -1.63. The van der Waals surface area contributed by atoms with E-state index in [1.54, 1.807) is 0 Å². The fourth-order valence-electron chi connectivity index (χ4n) is 1.02. The highest BCUT2D eigenvalue weighted by Crippen LogP contribution is 2.00. The number of aliphatic hydroxyl groups is 5. The first-order valence-corrected chi connectivity index (χ1v) is 6.13. The highest BCUT2D eigenvalue weighted by atomic mass is 16.4. The van der Waals surface area contributed by atoms with Crippen molar-refractivity contribution in [3.05, 3.63) is 0 Å². The van der Waals surface area contributed by atoms with Crippen LogP contribution in [0.5, 0.6) is 0 Å². The van der Waals surface area contributed by atoms with E-state index >= 15 is 0 Å². The zero-order valence-corrected chi connectivity index (χ0v) is 11.7. The van der Waals surface area contributed by atoms with Crippen LogP contribution in [0.1, 0.15) is 12.8 Å². The minimum atomic E-state index is -1.86. The van der Waals surface area contributed by atoms with E-state index in [-0.39, 0.29) is 12.8 Å². The number of aliphatic hydroxyl groups excluding tert-OH is 5. The Labute approximate surface area is 125 Å². The highest BCUT2D eigenvalue weighted by Gasteiger charge is 2.28. The normalized spacial score (nSPS) is 15.7. The fraction of sp³-hybridized carbons (Fsp3) is 0.727. The number of nitrogens with two attached hydrogens (primary N) is 2. The summed E-state index contributed by atoms with van der Waals surface area (Å²) in [6.45, 7) is -1.69. The van der Waals surface area contributed by atoms with Crippen molar-refractivity contribution in [3.8, 4) is 0 Å². The standard InChI is InChI=1S/C6H12O6.C5H10N2O3/c7-1-3(9)5(11)6(12)4(10)2-8;6-3(5(9)10)1-2-4(7)8/h3,5-9,11-12H,1-2H2;3H,1-2,6H2,(H2,7,8)(H,9,10)/t3-,5-,6-;3-/m10/s1. The maximum Gasteiger partial charge on any atom is 0.320 e. The van der Waals surface area contributed by atoms with E-state index in [1.807, 2.05) is 0 Å². The molecule has 0 saturated carbocycles. The van der Waals surface area contributed by atoms with Gasteiger partial charge in [-0.3, -0.25) is 14.4 Å². The average Bonchev–Trinajstić information content (AvgIpc) is 2.49. The molecule has 0 unspecified atom stereocenters. The van der Waals surface area contributed by atoms with Crippen LogP contribution < -0.4 is 11.5 Å². The van der Waals surface area contributed by atoms with Gasteiger partial charge in [-0.25, -0.2) is 0 Å². The number of carboxylic acid groups (broad SMARTS) is 1. The Morgan fingerprint density at radius 3 is 1.86 bits per heavy atom. The Balaban J connectivity index is 0. The highest BCUT2D eigenvalue weighted by molar-refractivity contribution is 5.84. The van der Waals surface area contributed by atoms with Crippen LogP contribution in [-0.2, 0) is 14.4 Å². The molecule has 0 aromatic rings. The molecule has 0 heterocycles. The number of carbonyl (C=O) groups is 3. The van der Waals surface area contributed by atoms with Gasteiger partial charge in [0.2, 0.25) is 5.91 Å². The topological polar surface area (TPSA) is 225 Å². The molecule has 0 aliphatic rings. The summed E-state index contributed by atoms with van der Waals surface area (Å²) in [5, 5.41) is 51.3. The summed E-state index contributed by atoms with van der Waals surface area (Å²) in [7, 11) is 0. The molecule has 22 heavy (non-hydrogen) atoms. The van der Waals surface area contributed by atoms with Crippen molar-refractivity contribution in [2.45, 2.75) is 37.2 Å². The molecule has 0 rings (SSSR count). The first kappa shape index (κ1) is 22.6. The Morgan fingerprint density at radius 1 is 1.05 bits per heavy atom. The molecule has 0 aromatic carbocycles. The van der Waals surface area contributed by atoms with Crippen molar-refractivity contribution < 1.29 is 45.0 Å². The fourth-order valence-corrected chi connectivity index (χ4v) is 1.02. The second-order valence-electron chi connectivity index (χ2n) is 4.26. The van der Waals surface area contributed by atoms with Crippen LogP contribution in [0.4, 0.5) is 0 Å². The molecule has 11 heteroatoms. The van der Waals surface area contributed by atoms with Crippen LogP contribution in [0, 0.1) is 0 Å².